The number of halogens is 1. The number of carbonyl (C=O) groups is 3. The summed E-state index contributed by atoms with van der Waals surface area (Å²) in [5.41, 5.74) is 2.20. The molecule has 0 aliphatic carbocycles. The van der Waals surface area contributed by atoms with Crippen molar-refractivity contribution in [2.75, 3.05) is 0 Å². The van der Waals surface area contributed by atoms with Crippen molar-refractivity contribution < 1.29 is 14.4 Å². The van der Waals surface area contributed by atoms with E-state index in [9.17, 15) is 14.4 Å². The van der Waals surface area contributed by atoms with Crippen LogP contribution in [-0.4, -0.2) is 40.7 Å². The Kier molecular flexibility index (Phi) is 5.62. The molecule has 2 N–H and O–H groups in total. The first kappa shape index (κ1) is 20.6. The molecule has 0 radical (unpaired) electrons. The Labute approximate surface area is 181 Å². The Balaban J connectivity index is 0.00000218. The first-order chi connectivity index (χ1) is 14.1. The molecular weight excluding hydrogens is 402 g/mol. The molecule has 2 aromatic rings. The molecule has 0 spiro atoms. The summed E-state index contributed by atoms with van der Waals surface area (Å²) in [6.07, 6.45) is 4.31. The van der Waals surface area contributed by atoms with Gasteiger partial charge in [-0.2, -0.15) is 0 Å². The van der Waals surface area contributed by atoms with Crippen LogP contribution in [0.5, 0.6) is 0 Å². The molecule has 3 aliphatic heterocycles. The van der Waals surface area contributed by atoms with Crippen LogP contribution in [0.4, 0.5) is 0 Å². The van der Waals surface area contributed by atoms with Crippen LogP contribution in [0.25, 0.3) is 0 Å². The number of fused-ring (bicyclic) bond motifs is 3. The van der Waals surface area contributed by atoms with E-state index in [1.54, 1.807) is 42.5 Å². The lowest BCUT2D eigenvalue weighted by Crippen LogP contribution is -2.48. The van der Waals surface area contributed by atoms with E-state index < -0.39 is 0 Å². The zero-order chi connectivity index (χ0) is 20.0. The Morgan fingerprint density at radius 1 is 0.967 bits per heavy atom. The highest BCUT2D eigenvalue weighted by Gasteiger charge is 2.36. The minimum atomic E-state index is -0.286. The third-order valence-electron chi connectivity index (χ3n) is 6.22. The van der Waals surface area contributed by atoms with Gasteiger partial charge >= 0.3 is 0 Å². The molecule has 7 heteroatoms. The molecule has 5 rings (SSSR count). The molecular formula is C23H24ClN3O3. The van der Waals surface area contributed by atoms with E-state index in [-0.39, 0.29) is 42.7 Å². The molecule has 2 aromatic carbocycles. The standard InChI is InChI=1S/C23H23N3O3.ClH/c27-21(25-18-11-16-8-9-17(12-18)24-16)15-5-3-4-14(10-15)13-26-22(28)19-6-1-2-7-20(19)23(26)29;/h1-7,10,16-18,24H,8-9,11-13H2,(H,25,27);1H. The maximum Gasteiger partial charge on any atom is 0.261 e. The molecule has 3 aliphatic rings. The lowest BCUT2D eigenvalue weighted by atomic mass is 9.99. The molecule has 2 saturated heterocycles. The molecule has 2 unspecified atom stereocenters. The third kappa shape index (κ3) is 3.73. The van der Waals surface area contributed by atoms with Crippen LogP contribution in [0.1, 0.15) is 62.3 Å². The van der Waals surface area contributed by atoms with Crippen LogP contribution in [-0.2, 0) is 6.54 Å². The molecule has 6 nitrogen and oxygen atoms in total. The number of benzene rings is 2. The summed E-state index contributed by atoms with van der Waals surface area (Å²) in [7, 11) is 0. The monoisotopic (exact) mass is 425 g/mol. The topological polar surface area (TPSA) is 78.5 Å². The van der Waals surface area contributed by atoms with Crippen LogP contribution < -0.4 is 10.6 Å². The van der Waals surface area contributed by atoms with Crippen molar-refractivity contribution in [2.45, 2.75) is 50.4 Å². The highest BCUT2D eigenvalue weighted by atomic mass is 35.5. The number of hydrogen-bond donors (Lipinski definition) is 2. The van der Waals surface area contributed by atoms with Crippen molar-refractivity contribution in [2.24, 2.45) is 0 Å². The van der Waals surface area contributed by atoms with Gasteiger partial charge in [-0.05, 0) is 55.5 Å². The summed E-state index contributed by atoms with van der Waals surface area (Å²) < 4.78 is 0. The zero-order valence-electron chi connectivity index (χ0n) is 16.5. The summed E-state index contributed by atoms with van der Waals surface area (Å²) >= 11 is 0. The quantitative estimate of drug-likeness (QED) is 0.738. The molecule has 2 atom stereocenters. The first-order valence-corrected chi connectivity index (χ1v) is 10.2. The molecule has 3 heterocycles. The molecule has 156 valence electrons. The first-order valence-electron chi connectivity index (χ1n) is 10.2. The van der Waals surface area contributed by atoms with Crippen LogP contribution in [0.3, 0.4) is 0 Å². The summed E-state index contributed by atoms with van der Waals surface area (Å²) in [5, 5.41) is 6.74. The second-order valence-electron chi connectivity index (χ2n) is 8.22. The van der Waals surface area contributed by atoms with E-state index in [0.717, 1.165) is 18.4 Å². The average Bonchev–Trinajstić information content (AvgIpc) is 3.20. The lowest BCUT2D eigenvalue weighted by molar-refractivity contribution is 0.0642. The fraction of sp³-hybridized carbons (Fsp3) is 0.348. The Bertz CT molecular complexity index is 962. The summed E-state index contributed by atoms with van der Waals surface area (Å²) in [6.45, 7) is 0.158. The number of hydrogen-bond acceptors (Lipinski definition) is 4. The van der Waals surface area contributed by atoms with E-state index in [0.29, 0.717) is 28.8 Å². The van der Waals surface area contributed by atoms with Crippen LogP contribution in [0.15, 0.2) is 48.5 Å². The number of piperidine rings is 1. The SMILES string of the molecule is Cl.O=C(NC1CC2CCC(C1)N2)c1cccc(CN2C(=O)c3ccccc3C2=O)c1. The molecule has 2 bridgehead atoms. The Morgan fingerprint density at radius 3 is 2.23 bits per heavy atom. The smallest absolute Gasteiger partial charge is 0.261 e. The normalized spacial score (nSPS) is 24.4. The summed E-state index contributed by atoms with van der Waals surface area (Å²) in [6, 6.07) is 15.3. The van der Waals surface area contributed by atoms with Crippen LogP contribution >= 0.6 is 12.4 Å². The Hall–Kier alpha value is -2.70. The van der Waals surface area contributed by atoms with Gasteiger partial charge in [-0.25, -0.2) is 0 Å². The fourth-order valence-corrected chi connectivity index (χ4v) is 4.82. The van der Waals surface area contributed by atoms with Gasteiger partial charge in [-0.1, -0.05) is 24.3 Å². The summed E-state index contributed by atoms with van der Waals surface area (Å²) in [4.78, 5) is 39.2. The van der Waals surface area contributed by atoms with E-state index >= 15 is 0 Å². The summed E-state index contributed by atoms with van der Waals surface area (Å²) in [5.74, 6) is -0.670. The molecule has 0 aromatic heterocycles. The highest BCUT2D eigenvalue weighted by molar-refractivity contribution is 6.21. The van der Waals surface area contributed by atoms with E-state index in [2.05, 4.69) is 10.6 Å². The third-order valence-corrected chi connectivity index (χ3v) is 6.22. The van der Waals surface area contributed by atoms with Crippen molar-refractivity contribution >= 4 is 30.1 Å². The van der Waals surface area contributed by atoms with Crippen molar-refractivity contribution in [1.29, 1.82) is 0 Å². The Morgan fingerprint density at radius 2 is 1.60 bits per heavy atom. The average molecular weight is 426 g/mol. The zero-order valence-corrected chi connectivity index (χ0v) is 17.3. The van der Waals surface area contributed by atoms with Gasteiger partial charge in [-0.15, -0.1) is 12.4 Å². The van der Waals surface area contributed by atoms with E-state index in [1.807, 2.05) is 6.07 Å². The van der Waals surface area contributed by atoms with E-state index in [1.165, 1.54) is 17.7 Å². The van der Waals surface area contributed by atoms with Gasteiger partial charge in [0.2, 0.25) is 0 Å². The maximum atomic E-state index is 12.8. The van der Waals surface area contributed by atoms with Crippen LogP contribution in [0, 0.1) is 0 Å². The van der Waals surface area contributed by atoms with Crippen molar-refractivity contribution in [3.63, 3.8) is 0 Å². The largest absolute Gasteiger partial charge is 0.349 e. The predicted molar refractivity (Wildman–Crippen MR) is 115 cm³/mol. The van der Waals surface area contributed by atoms with Gasteiger partial charge in [0.05, 0.1) is 17.7 Å². The second kappa shape index (κ2) is 8.20. The van der Waals surface area contributed by atoms with E-state index in [4.69, 9.17) is 0 Å². The van der Waals surface area contributed by atoms with Crippen LogP contribution in [0.2, 0.25) is 0 Å². The predicted octanol–water partition coefficient (Wildman–Crippen LogP) is 2.92. The van der Waals surface area contributed by atoms with Crippen molar-refractivity contribution in [3.05, 3.63) is 70.8 Å². The van der Waals surface area contributed by atoms with Gasteiger partial charge < -0.3 is 10.6 Å². The van der Waals surface area contributed by atoms with Gasteiger partial charge in [-0.3, -0.25) is 19.3 Å². The van der Waals surface area contributed by atoms with Gasteiger partial charge in [0, 0.05) is 23.7 Å². The van der Waals surface area contributed by atoms with Gasteiger partial charge in [0.25, 0.3) is 17.7 Å². The second-order valence-corrected chi connectivity index (χ2v) is 8.22. The molecule has 30 heavy (non-hydrogen) atoms. The number of imide groups is 1. The van der Waals surface area contributed by atoms with Gasteiger partial charge in [0.1, 0.15) is 0 Å². The number of rotatable bonds is 4. The van der Waals surface area contributed by atoms with Crippen molar-refractivity contribution in [1.82, 2.24) is 15.5 Å². The number of nitrogens with zero attached hydrogens (tertiary/aromatic N) is 1. The molecule has 0 saturated carbocycles. The number of carbonyl (C=O) groups excluding carboxylic acids is 3. The minimum absolute atomic E-state index is 0. The number of nitrogens with one attached hydrogen (secondary N) is 2. The maximum absolute atomic E-state index is 12.8. The molecule has 2 fully saturated rings. The fourth-order valence-electron chi connectivity index (χ4n) is 4.82. The van der Waals surface area contributed by atoms with Gasteiger partial charge in [0.15, 0.2) is 0 Å². The minimum Gasteiger partial charge on any atom is -0.349 e. The highest BCUT2D eigenvalue weighted by Crippen LogP contribution is 2.27. The van der Waals surface area contributed by atoms with Crippen molar-refractivity contribution in [3.8, 4) is 0 Å². The number of amides is 3. The lowest BCUT2D eigenvalue weighted by Gasteiger charge is -2.29. The molecule has 3 amide bonds.